The van der Waals surface area contributed by atoms with Crippen LogP contribution in [0.25, 0.3) is 0 Å². The number of piperazine rings is 1. The normalized spacial score (nSPS) is 14.7. The van der Waals surface area contributed by atoms with E-state index < -0.39 is 4.92 Å². The highest BCUT2D eigenvalue weighted by molar-refractivity contribution is 5.96. The molecule has 0 bridgehead atoms. The topological polar surface area (TPSA) is 78.7 Å². The Hall–Kier alpha value is -3.00. The Kier molecular flexibility index (Phi) is 6.20. The molecule has 1 heterocycles. The second-order valence-corrected chi connectivity index (χ2v) is 6.77. The Balaban J connectivity index is 1.46. The molecule has 1 N–H and O–H groups in total. The summed E-state index contributed by atoms with van der Waals surface area (Å²) in [7, 11) is 0. The summed E-state index contributed by atoms with van der Waals surface area (Å²) in [5.41, 5.74) is 1.66. The van der Waals surface area contributed by atoms with Gasteiger partial charge in [-0.05, 0) is 37.3 Å². The molecule has 0 spiro atoms. The number of hydrogen-bond acceptors (Lipinski definition) is 5. The van der Waals surface area contributed by atoms with E-state index in [1.165, 1.54) is 24.3 Å². The Bertz CT molecular complexity index is 849. The Morgan fingerprint density at radius 2 is 1.82 bits per heavy atom. The molecule has 1 aliphatic heterocycles. The zero-order chi connectivity index (χ0) is 20.1. The van der Waals surface area contributed by atoms with Gasteiger partial charge in [-0.15, -0.1) is 0 Å². The van der Waals surface area contributed by atoms with Crippen molar-refractivity contribution in [2.45, 2.75) is 6.92 Å². The van der Waals surface area contributed by atoms with Crippen molar-refractivity contribution < 1.29 is 14.1 Å². The van der Waals surface area contributed by atoms with Crippen LogP contribution in [0.3, 0.4) is 0 Å². The molecule has 2 aromatic rings. The fraction of sp³-hybridized carbons (Fsp3) is 0.350. The number of halogens is 1. The molecule has 1 aliphatic rings. The number of nitro benzene ring substituents is 1. The molecule has 1 fully saturated rings. The second kappa shape index (κ2) is 8.79. The van der Waals surface area contributed by atoms with Crippen molar-refractivity contribution in [1.29, 1.82) is 0 Å². The van der Waals surface area contributed by atoms with Crippen LogP contribution in [0.5, 0.6) is 0 Å². The van der Waals surface area contributed by atoms with E-state index in [0.29, 0.717) is 24.2 Å². The molecule has 0 radical (unpaired) electrons. The number of benzene rings is 2. The van der Waals surface area contributed by atoms with Crippen molar-refractivity contribution in [1.82, 2.24) is 10.2 Å². The number of nitro groups is 1. The minimum atomic E-state index is -0.479. The third-order valence-electron chi connectivity index (χ3n) is 5.02. The van der Waals surface area contributed by atoms with Crippen LogP contribution < -0.4 is 10.2 Å². The third kappa shape index (κ3) is 4.64. The summed E-state index contributed by atoms with van der Waals surface area (Å²) in [5.74, 6) is -0.539. The Labute approximate surface area is 162 Å². The van der Waals surface area contributed by atoms with Gasteiger partial charge in [0.1, 0.15) is 5.82 Å². The van der Waals surface area contributed by atoms with Gasteiger partial charge in [0.15, 0.2) is 0 Å². The van der Waals surface area contributed by atoms with Crippen molar-refractivity contribution in [3.63, 3.8) is 0 Å². The maximum atomic E-state index is 13.0. The van der Waals surface area contributed by atoms with Gasteiger partial charge in [0.2, 0.25) is 0 Å². The second-order valence-electron chi connectivity index (χ2n) is 6.77. The highest BCUT2D eigenvalue weighted by atomic mass is 19.1. The molecule has 8 heteroatoms. The van der Waals surface area contributed by atoms with Gasteiger partial charge in [0.05, 0.1) is 4.92 Å². The molecular weight excluding hydrogens is 363 g/mol. The van der Waals surface area contributed by atoms with Crippen LogP contribution in [0.1, 0.15) is 15.9 Å². The van der Waals surface area contributed by atoms with Crippen LogP contribution in [0.15, 0.2) is 42.5 Å². The first-order chi connectivity index (χ1) is 13.5. The van der Waals surface area contributed by atoms with Gasteiger partial charge in [0, 0.05) is 62.1 Å². The predicted molar refractivity (Wildman–Crippen MR) is 105 cm³/mol. The summed E-state index contributed by atoms with van der Waals surface area (Å²) in [4.78, 5) is 27.3. The van der Waals surface area contributed by atoms with Crippen LogP contribution >= 0.6 is 0 Å². The molecule has 1 saturated heterocycles. The summed E-state index contributed by atoms with van der Waals surface area (Å²) >= 11 is 0. The molecule has 7 nitrogen and oxygen atoms in total. The van der Waals surface area contributed by atoms with Crippen molar-refractivity contribution >= 4 is 17.3 Å². The smallest absolute Gasteiger partial charge is 0.273 e. The van der Waals surface area contributed by atoms with Gasteiger partial charge < -0.3 is 10.2 Å². The summed E-state index contributed by atoms with van der Waals surface area (Å²) in [6.07, 6.45) is 0. The van der Waals surface area contributed by atoms with Crippen LogP contribution in [0.4, 0.5) is 15.8 Å². The Morgan fingerprint density at radius 3 is 2.46 bits per heavy atom. The van der Waals surface area contributed by atoms with Crippen molar-refractivity contribution in [3.8, 4) is 0 Å². The highest BCUT2D eigenvalue weighted by Gasteiger charge is 2.19. The molecule has 0 aliphatic carbocycles. The number of nitrogens with zero attached hydrogens (tertiary/aromatic N) is 3. The first kappa shape index (κ1) is 19.8. The van der Waals surface area contributed by atoms with Crippen LogP contribution in [0.2, 0.25) is 0 Å². The van der Waals surface area contributed by atoms with Gasteiger partial charge in [-0.1, -0.05) is 6.07 Å². The fourth-order valence-corrected chi connectivity index (χ4v) is 3.37. The molecule has 1 amide bonds. The van der Waals surface area contributed by atoms with Crippen LogP contribution in [-0.2, 0) is 0 Å². The minimum absolute atomic E-state index is 0.0513. The maximum Gasteiger partial charge on any atom is 0.273 e. The quantitative estimate of drug-likeness (QED) is 0.610. The fourth-order valence-electron chi connectivity index (χ4n) is 3.37. The van der Waals surface area contributed by atoms with Crippen LogP contribution in [-0.4, -0.2) is 55.0 Å². The van der Waals surface area contributed by atoms with Gasteiger partial charge in [0.25, 0.3) is 11.6 Å². The first-order valence-electron chi connectivity index (χ1n) is 9.21. The van der Waals surface area contributed by atoms with E-state index in [0.717, 1.165) is 31.9 Å². The predicted octanol–water partition coefficient (Wildman–Crippen LogP) is 2.59. The molecule has 3 rings (SSSR count). The largest absolute Gasteiger partial charge is 0.369 e. The molecule has 0 aromatic heterocycles. The number of nitrogens with one attached hydrogen (secondary N) is 1. The van der Waals surface area contributed by atoms with E-state index in [1.807, 2.05) is 0 Å². The van der Waals surface area contributed by atoms with Crippen molar-refractivity contribution in [2.75, 3.05) is 44.2 Å². The van der Waals surface area contributed by atoms with Crippen LogP contribution in [0, 0.1) is 22.9 Å². The van der Waals surface area contributed by atoms with Gasteiger partial charge in [-0.2, -0.15) is 0 Å². The molecule has 28 heavy (non-hydrogen) atoms. The van der Waals surface area contributed by atoms with Gasteiger partial charge in [-0.25, -0.2) is 4.39 Å². The molecule has 148 valence electrons. The number of carbonyl (C=O) groups excluding carboxylic acids is 1. The number of rotatable bonds is 6. The summed E-state index contributed by atoms with van der Waals surface area (Å²) in [6, 6.07) is 11.0. The Morgan fingerprint density at radius 1 is 1.14 bits per heavy atom. The zero-order valence-corrected chi connectivity index (χ0v) is 15.7. The minimum Gasteiger partial charge on any atom is -0.369 e. The lowest BCUT2D eigenvalue weighted by Gasteiger charge is -2.36. The average Bonchev–Trinajstić information content (AvgIpc) is 2.69. The van der Waals surface area contributed by atoms with Gasteiger partial charge >= 0.3 is 0 Å². The number of hydrogen-bond donors (Lipinski definition) is 1. The monoisotopic (exact) mass is 386 g/mol. The molecular formula is C20H23FN4O3. The van der Waals surface area contributed by atoms with E-state index in [9.17, 15) is 19.3 Å². The number of carbonyl (C=O) groups is 1. The van der Waals surface area contributed by atoms with E-state index in [-0.39, 0.29) is 17.4 Å². The van der Waals surface area contributed by atoms with E-state index in [4.69, 9.17) is 0 Å². The molecule has 0 unspecified atom stereocenters. The third-order valence-corrected chi connectivity index (χ3v) is 5.02. The van der Waals surface area contributed by atoms with Crippen molar-refractivity contribution in [2.24, 2.45) is 0 Å². The van der Waals surface area contributed by atoms with E-state index in [2.05, 4.69) is 15.1 Å². The summed E-state index contributed by atoms with van der Waals surface area (Å²) in [5, 5.41) is 13.9. The highest BCUT2D eigenvalue weighted by Crippen LogP contribution is 2.21. The maximum absolute atomic E-state index is 13.0. The zero-order valence-electron chi connectivity index (χ0n) is 15.7. The van der Waals surface area contributed by atoms with Crippen molar-refractivity contribution in [3.05, 3.63) is 69.5 Å². The summed E-state index contributed by atoms with van der Waals surface area (Å²) < 4.78 is 13.0. The number of anilines is 1. The molecule has 2 aromatic carbocycles. The van der Waals surface area contributed by atoms with E-state index >= 15 is 0 Å². The molecule has 0 atom stereocenters. The molecule has 0 saturated carbocycles. The SMILES string of the molecule is Cc1c(C(=O)NCCN2CCN(c3ccc(F)cc3)CC2)cccc1[N+](=O)[O-]. The van der Waals surface area contributed by atoms with Gasteiger partial charge in [-0.3, -0.25) is 19.8 Å². The number of amides is 1. The van der Waals surface area contributed by atoms with E-state index in [1.54, 1.807) is 25.1 Å². The lowest BCUT2D eigenvalue weighted by molar-refractivity contribution is -0.385. The first-order valence-corrected chi connectivity index (χ1v) is 9.21. The standard InChI is InChI=1S/C20H23FN4O3/c1-15-18(3-2-4-19(15)25(27)28)20(26)22-9-10-23-11-13-24(14-12-23)17-7-5-16(21)6-8-17/h2-8H,9-14H2,1H3,(H,22,26). The lowest BCUT2D eigenvalue weighted by atomic mass is 10.1. The lowest BCUT2D eigenvalue weighted by Crippen LogP contribution is -2.48. The average molecular weight is 386 g/mol. The summed E-state index contributed by atoms with van der Waals surface area (Å²) in [6.45, 7) is 6.13.